The molecule has 2 aromatic heterocycles. The van der Waals surface area contributed by atoms with Crippen molar-refractivity contribution in [3.8, 4) is 0 Å². The van der Waals surface area contributed by atoms with Crippen LogP contribution in [0.1, 0.15) is 37.0 Å². The van der Waals surface area contributed by atoms with Crippen molar-refractivity contribution >= 4 is 11.7 Å². The summed E-state index contributed by atoms with van der Waals surface area (Å²) in [4.78, 5) is 22.8. The van der Waals surface area contributed by atoms with Gasteiger partial charge in [0.1, 0.15) is 18.5 Å². The first-order chi connectivity index (χ1) is 11.7. The summed E-state index contributed by atoms with van der Waals surface area (Å²) in [6.07, 6.45) is 6.91. The lowest BCUT2D eigenvalue weighted by atomic mass is 9.80. The van der Waals surface area contributed by atoms with E-state index in [0.717, 1.165) is 38.3 Å². The highest BCUT2D eigenvalue weighted by Gasteiger charge is 2.30. The maximum absolute atomic E-state index is 12.3. The van der Waals surface area contributed by atoms with Crippen LogP contribution in [0, 0.1) is 5.92 Å². The molecule has 2 aromatic rings. The number of nitrogens with zero attached hydrogens (tertiary/aromatic N) is 5. The van der Waals surface area contributed by atoms with Crippen molar-refractivity contribution in [1.29, 1.82) is 0 Å². The fourth-order valence-electron chi connectivity index (χ4n) is 3.12. The summed E-state index contributed by atoms with van der Waals surface area (Å²) in [5.41, 5.74) is 0.616. The molecule has 1 aliphatic rings. The van der Waals surface area contributed by atoms with E-state index >= 15 is 0 Å². The van der Waals surface area contributed by atoms with Gasteiger partial charge in [-0.1, -0.05) is 0 Å². The molecule has 1 saturated carbocycles. The topological polar surface area (TPSA) is 75.9 Å². The van der Waals surface area contributed by atoms with Crippen LogP contribution in [0.3, 0.4) is 0 Å². The Morgan fingerprint density at radius 1 is 1.33 bits per heavy atom. The highest BCUT2D eigenvalue weighted by Crippen LogP contribution is 2.28. The van der Waals surface area contributed by atoms with E-state index in [-0.39, 0.29) is 11.9 Å². The normalized spacial score (nSPS) is 19.6. The second kappa shape index (κ2) is 7.42. The molecule has 0 unspecified atom stereocenters. The van der Waals surface area contributed by atoms with Crippen LogP contribution in [-0.4, -0.2) is 44.8 Å². The predicted molar refractivity (Wildman–Crippen MR) is 91.8 cm³/mol. The fourth-order valence-corrected chi connectivity index (χ4v) is 3.12. The van der Waals surface area contributed by atoms with Gasteiger partial charge in [-0.15, -0.1) is 0 Å². The minimum absolute atomic E-state index is 0.0437. The molecule has 0 bridgehead atoms. The van der Waals surface area contributed by atoms with Gasteiger partial charge in [-0.3, -0.25) is 9.48 Å². The molecule has 128 valence electrons. The molecular weight excluding hydrogens is 304 g/mol. The monoisotopic (exact) mass is 328 g/mol. The van der Waals surface area contributed by atoms with Gasteiger partial charge >= 0.3 is 0 Å². The van der Waals surface area contributed by atoms with Gasteiger partial charge in [0.15, 0.2) is 0 Å². The van der Waals surface area contributed by atoms with Gasteiger partial charge in [-0.25, -0.2) is 9.97 Å². The summed E-state index contributed by atoms with van der Waals surface area (Å²) >= 11 is 0. The van der Waals surface area contributed by atoms with Crippen LogP contribution in [-0.2, 0) is 6.54 Å². The average Bonchev–Trinajstić information content (AvgIpc) is 3.07. The molecule has 0 radical (unpaired) electrons. The summed E-state index contributed by atoms with van der Waals surface area (Å²) in [6, 6.07) is 4.01. The van der Waals surface area contributed by atoms with Crippen molar-refractivity contribution in [3.05, 3.63) is 36.5 Å². The lowest BCUT2D eigenvalue weighted by Crippen LogP contribution is -2.45. The van der Waals surface area contributed by atoms with E-state index in [1.54, 1.807) is 18.9 Å². The molecule has 1 fully saturated rings. The van der Waals surface area contributed by atoms with Crippen molar-refractivity contribution < 1.29 is 4.79 Å². The molecule has 3 rings (SSSR count). The Labute approximate surface area is 142 Å². The molecule has 1 aliphatic carbocycles. The van der Waals surface area contributed by atoms with Crippen molar-refractivity contribution in [2.75, 3.05) is 18.0 Å². The number of carbonyl (C=O) groups is 1. The van der Waals surface area contributed by atoms with E-state index in [2.05, 4.69) is 39.1 Å². The molecule has 1 amide bonds. The van der Waals surface area contributed by atoms with Gasteiger partial charge in [-0.05, 0) is 44.7 Å². The number of amides is 1. The molecule has 0 saturated heterocycles. The quantitative estimate of drug-likeness (QED) is 0.837. The number of anilines is 1. The van der Waals surface area contributed by atoms with Gasteiger partial charge < -0.3 is 10.2 Å². The minimum atomic E-state index is -0.0437. The molecular formula is C17H24N6O. The zero-order chi connectivity index (χ0) is 16.9. The lowest BCUT2D eigenvalue weighted by Gasteiger charge is -2.35. The molecule has 24 heavy (non-hydrogen) atoms. The number of hydrogen-bond donors (Lipinski definition) is 1. The molecule has 0 aromatic carbocycles. The van der Waals surface area contributed by atoms with Gasteiger partial charge in [0, 0.05) is 31.9 Å². The van der Waals surface area contributed by atoms with E-state index in [0.29, 0.717) is 11.5 Å². The number of rotatable bonds is 7. The number of hydrogen-bond acceptors (Lipinski definition) is 5. The number of pyridine rings is 1. The van der Waals surface area contributed by atoms with Crippen LogP contribution in [0.15, 0.2) is 31.0 Å². The third-order valence-corrected chi connectivity index (χ3v) is 4.58. The van der Waals surface area contributed by atoms with Crippen LogP contribution in [0.5, 0.6) is 0 Å². The first-order valence-electron chi connectivity index (χ1n) is 8.53. The Hall–Kier alpha value is -2.44. The van der Waals surface area contributed by atoms with Crippen molar-refractivity contribution in [1.82, 2.24) is 25.1 Å². The van der Waals surface area contributed by atoms with E-state index in [1.807, 2.05) is 16.8 Å². The number of aromatic nitrogens is 4. The van der Waals surface area contributed by atoms with Gasteiger partial charge in [-0.2, -0.15) is 5.10 Å². The number of carbonyl (C=O) groups excluding carboxylic acids is 1. The van der Waals surface area contributed by atoms with E-state index < -0.39 is 0 Å². The average molecular weight is 328 g/mol. The molecule has 0 spiro atoms. The van der Waals surface area contributed by atoms with E-state index in [9.17, 15) is 4.79 Å². The smallest absolute Gasteiger partial charge is 0.253 e. The van der Waals surface area contributed by atoms with Crippen LogP contribution < -0.4 is 10.2 Å². The summed E-state index contributed by atoms with van der Waals surface area (Å²) in [6.45, 7) is 6.87. The van der Waals surface area contributed by atoms with Crippen molar-refractivity contribution in [2.24, 2.45) is 5.92 Å². The van der Waals surface area contributed by atoms with Crippen LogP contribution in [0.2, 0.25) is 0 Å². The Kier molecular flexibility index (Phi) is 5.08. The molecule has 0 atom stereocenters. The Morgan fingerprint density at radius 2 is 2.12 bits per heavy atom. The first-order valence-corrected chi connectivity index (χ1v) is 8.53. The highest BCUT2D eigenvalue weighted by atomic mass is 16.1. The molecule has 0 aliphatic heterocycles. The second-order valence-electron chi connectivity index (χ2n) is 6.20. The molecule has 7 nitrogen and oxygen atoms in total. The summed E-state index contributed by atoms with van der Waals surface area (Å²) in [5, 5.41) is 7.20. The van der Waals surface area contributed by atoms with E-state index in [4.69, 9.17) is 0 Å². The Balaban J connectivity index is 1.47. The van der Waals surface area contributed by atoms with Gasteiger partial charge in [0.05, 0.1) is 5.56 Å². The molecule has 1 N–H and O–H groups in total. The maximum Gasteiger partial charge on any atom is 0.253 e. The van der Waals surface area contributed by atoms with Crippen LogP contribution in [0.25, 0.3) is 0 Å². The summed E-state index contributed by atoms with van der Waals surface area (Å²) in [7, 11) is 0. The van der Waals surface area contributed by atoms with Crippen LogP contribution in [0.4, 0.5) is 5.82 Å². The number of nitrogens with one attached hydrogen (secondary N) is 1. The summed E-state index contributed by atoms with van der Waals surface area (Å²) in [5.74, 6) is 1.42. The summed E-state index contributed by atoms with van der Waals surface area (Å²) < 4.78 is 1.85. The standard InChI is InChI=1S/C17H24N6O/c1-3-22(4-2)16-6-5-14(9-19-16)17(24)21-15-7-13(8-15)10-23-12-18-11-20-23/h5-6,9,11-13,15H,3-4,7-8,10H2,1-2H3,(H,21,24). The zero-order valence-corrected chi connectivity index (χ0v) is 14.2. The Bertz CT molecular complexity index is 644. The fraction of sp³-hybridized carbons (Fsp3) is 0.529. The molecule has 2 heterocycles. The lowest BCUT2D eigenvalue weighted by molar-refractivity contribution is 0.0879. The highest BCUT2D eigenvalue weighted by molar-refractivity contribution is 5.94. The molecule has 7 heteroatoms. The zero-order valence-electron chi connectivity index (χ0n) is 14.2. The van der Waals surface area contributed by atoms with Crippen LogP contribution >= 0.6 is 0 Å². The largest absolute Gasteiger partial charge is 0.357 e. The van der Waals surface area contributed by atoms with E-state index in [1.165, 1.54) is 0 Å². The first kappa shape index (κ1) is 16.4. The van der Waals surface area contributed by atoms with Gasteiger partial charge in [0.25, 0.3) is 5.91 Å². The third kappa shape index (κ3) is 3.72. The van der Waals surface area contributed by atoms with Crippen molar-refractivity contribution in [3.63, 3.8) is 0 Å². The van der Waals surface area contributed by atoms with Crippen molar-refractivity contribution in [2.45, 2.75) is 39.3 Å². The Morgan fingerprint density at radius 3 is 2.71 bits per heavy atom. The van der Waals surface area contributed by atoms with Gasteiger partial charge in [0.2, 0.25) is 0 Å². The SMILES string of the molecule is CCN(CC)c1ccc(C(=O)NC2CC(Cn3cncn3)C2)cn1. The maximum atomic E-state index is 12.3. The third-order valence-electron chi connectivity index (χ3n) is 4.58. The minimum Gasteiger partial charge on any atom is -0.357 e. The predicted octanol–water partition coefficient (Wildman–Crippen LogP) is 1.73. The second-order valence-corrected chi connectivity index (χ2v) is 6.20.